The Labute approximate surface area is 289 Å². The number of hydrazine groups is 1. The monoisotopic (exact) mass is 668 g/mol. The fourth-order valence-corrected chi connectivity index (χ4v) is 6.39. The Morgan fingerprint density at radius 1 is 1.12 bits per heavy atom. The molecule has 2 aliphatic heterocycles. The third-order valence-electron chi connectivity index (χ3n) is 9.10. The molecular formula is C39H53N6O2P. The maximum absolute atomic E-state index is 10.5. The average Bonchev–Trinajstić information content (AvgIpc) is 3.48. The van der Waals surface area contributed by atoms with Crippen LogP contribution in [0.5, 0.6) is 5.75 Å². The molecule has 9 heteroatoms. The fraction of sp³-hybridized carbons (Fsp3) is 0.359. The smallest absolute Gasteiger partial charge is 0.129 e. The van der Waals surface area contributed by atoms with Gasteiger partial charge in [-0.2, -0.15) is 0 Å². The van der Waals surface area contributed by atoms with Gasteiger partial charge < -0.3 is 30.9 Å². The SMILES string of the molecule is C=C(C(C)C)C1CC(N(N)/C=C(\N)COc2ccc(C(P)NCc3ccccc3)cc2)CN1C.C=C1Nc2ccccc2CC1CC=O. The molecule has 2 heterocycles. The van der Waals surface area contributed by atoms with Gasteiger partial charge in [0.05, 0.1) is 11.7 Å². The van der Waals surface area contributed by atoms with Crippen LogP contribution in [0.4, 0.5) is 5.69 Å². The fourth-order valence-electron chi connectivity index (χ4n) is 6.05. The molecule has 8 nitrogen and oxygen atoms in total. The number of likely N-dealkylation sites (N-methyl/N-ethyl adjacent to an activating group) is 1. The highest BCUT2D eigenvalue weighted by molar-refractivity contribution is 7.17. The number of para-hydroxylation sites is 1. The highest BCUT2D eigenvalue weighted by Gasteiger charge is 2.34. The molecule has 0 bridgehead atoms. The Bertz CT molecular complexity index is 1530. The number of ether oxygens (including phenoxy) is 1. The first kappa shape index (κ1) is 36.9. The summed E-state index contributed by atoms with van der Waals surface area (Å²) in [6.45, 7) is 14.6. The number of anilines is 1. The maximum Gasteiger partial charge on any atom is 0.129 e. The Balaban J connectivity index is 0.000000307. The second-order valence-corrected chi connectivity index (χ2v) is 13.7. The number of nitrogens with zero attached hydrogens (tertiary/aromatic N) is 2. The van der Waals surface area contributed by atoms with E-state index in [2.05, 4.69) is 101 Å². The van der Waals surface area contributed by atoms with Crippen molar-refractivity contribution in [2.24, 2.45) is 23.4 Å². The van der Waals surface area contributed by atoms with Gasteiger partial charge >= 0.3 is 0 Å². The van der Waals surface area contributed by atoms with E-state index >= 15 is 0 Å². The van der Waals surface area contributed by atoms with Crippen LogP contribution in [0.3, 0.4) is 0 Å². The minimum absolute atomic E-state index is 0.158. The quantitative estimate of drug-likeness (QED) is 0.0548. The van der Waals surface area contributed by atoms with Crippen LogP contribution in [0, 0.1) is 11.8 Å². The van der Waals surface area contributed by atoms with Crippen molar-refractivity contribution in [1.29, 1.82) is 0 Å². The van der Waals surface area contributed by atoms with E-state index in [4.69, 9.17) is 16.3 Å². The first-order valence-electron chi connectivity index (χ1n) is 16.7. The van der Waals surface area contributed by atoms with Gasteiger partial charge in [-0.3, -0.25) is 4.90 Å². The number of allylic oxidation sites excluding steroid dienone is 1. The van der Waals surface area contributed by atoms with Gasteiger partial charge in [-0.1, -0.05) is 93.2 Å². The Kier molecular flexibility index (Phi) is 13.8. The molecule has 2 aliphatic rings. The largest absolute Gasteiger partial charge is 0.487 e. The van der Waals surface area contributed by atoms with Crippen molar-refractivity contribution in [3.63, 3.8) is 0 Å². The number of benzene rings is 3. The first-order valence-corrected chi connectivity index (χ1v) is 17.3. The van der Waals surface area contributed by atoms with Gasteiger partial charge in [-0.05, 0) is 60.7 Å². The molecule has 0 radical (unpaired) electrons. The summed E-state index contributed by atoms with van der Waals surface area (Å²) in [4.78, 5) is 12.8. The van der Waals surface area contributed by atoms with Crippen molar-refractivity contribution < 1.29 is 9.53 Å². The van der Waals surface area contributed by atoms with Crippen LogP contribution in [0.2, 0.25) is 0 Å². The zero-order chi connectivity index (χ0) is 34.6. The predicted molar refractivity (Wildman–Crippen MR) is 202 cm³/mol. The van der Waals surface area contributed by atoms with Crippen molar-refractivity contribution in [1.82, 2.24) is 15.2 Å². The van der Waals surface area contributed by atoms with Gasteiger partial charge in [0.1, 0.15) is 18.6 Å². The van der Waals surface area contributed by atoms with E-state index in [1.54, 1.807) is 11.2 Å². The Morgan fingerprint density at radius 2 is 1.81 bits per heavy atom. The Morgan fingerprint density at radius 3 is 2.50 bits per heavy atom. The number of carbonyl (C=O) groups is 1. The van der Waals surface area contributed by atoms with Crippen LogP contribution in [0.25, 0.3) is 0 Å². The number of aldehydes is 1. The van der Waals surface area contributed by atoms with E-state index in [1.165, 1.54) is 22.3 Å². The van der Waals surface area contributed by atoms with E-state index in [9.17, 15) is 4.79 Å². The summed E-state index contributed by atoms with van der Waals surface area (Å²) in [6.07, 6.45) is 5.18. The van der Waals surface area contributed by atoms with Crippen molar-refractivity contribution in [3.8, 4) is 5.75 Å². The molecular weight excluding hydrogens is 615 g/mol. The number of fused-ring (bicyclic) bond motifs is 1. The topological polar surface area (TPSA) is 109 Å². The van der Waals surface area contributed by atoms with E-state index in [0.29, 0.717) is 24.1 Å². The third kappa shape index (κ3) is 10.5. The molecule has 0 saturated carbocycles. The third-order valence-corrected chi connectivity index (χ3v) is 9.72. The molecule has 0 amide bonds. The zero-order valence-electron chi connectivity index (χ0n) is 28.6. The molecule has 3 aromatic rings. The van der Waals surface area contributed by atoms with Crippen molar-refractivity contribution in [3.05, 3.63) is 132 Å². The molecule has 6 N–H and O–H groups in total. The second-order valence-electron chi connectivity index (χ2n) is 13.0. The molecule has 0 aromatic heterocycles. The minimum atomic E-state index is 0.158. The molecule has 0 aliphatic carbocycles. The second kappa shape index (κ2) is 18.0. The number of carbonyl (C=O) groups excluding carboxylic acids is 1. The van der Waals surface area contributed by atoms with E-state index in [1.807, 2.05) is 36.4 Å². The standard InChI is InChI=1S/C27H40N5OP.C12H13NO/c1-19(2)20(3)26-14-24(17-31(26)4)32(29)16-23(28)18-33-25-12-10-22(11-13-25)27(34)30-15-21-8-6-5-7-9-21;1-9-10(6-7-14)8-11-4-2-3-5-12(11)13-9/h5-13,16,19,24,26-27,30H,3,14-15,17-18,28-29,34H2,1-2,4H3;2-5,7,10,13H,1,6,8H2/b23-16-;. The molecule has 5 rings (SSSR count). The van der Waals surface area contributed by atoms with Gasteiger partial charge in [0.15, 0.2) is 0 Å². The van der Waals surface area contributed by atoms with Crippen molar-refractivity contribution >= 4 is 21.2 Å². The van der Waals surface area contributed by atoms with E-state index in [0.717, 1.165) is 49.4 Å². The number of nitrogens with two attached hydrogens (primary N) is 2. The lowest BCUT2D eigenvalue weighted by Crippen LogP contribution is -2.39. The zero-order valence-corrected chi connectivity index (χ0v) is 29.8. The van der Waals surface area contributed by atoms with Gasteiger partial charge in [0.2, 0.25) is 0 Å². The van der Waals surface area contributed by atoms with Crippen LogP contribution < -0.4 is 26.9 Å². The summed E-state index contributed by atoms with van der Waals surface area (Å²) in [5.41, 5.74) is 13.8. The molecule has 0 spiro atoms. The number of likely N-dealkylation sites (tertiary alicyclic amines) is 1. The van der Waals surface area contributed by atoms with Crippen LogP contribution in [0.15, 0.2) is 115 Å². The molecule has 48 heavy (non-hydrogen) atoms. The summed E-state index contributed by atoms with van der Waals surface area (Å²) < 4.78 is 5.88. The van der Waals surface area contributed by atoms with Crippen LogP contribution in [0.1, 0.15) is 49.2 Å². The van der Waals surface area contributed by atoms with Crippen LogP contribution in [-0.4, -0.2) is 48.5 Å². The number of nitrogens with one attached hydrogen (secondary N) is 2. The summed E-state index contributed by atoms with van der Waals surface area (Å²) in [5, 5.41) is 8.48. The summed E-state index contributed by atoms with van der Waals surface area (Å²) in [7, 11) is 4.98. The van der Waals surface area contributed by atoms with Crippen molar-refractivity contribution in [2.45, 2.75) is 57.5 Å². The van der Waals surface area contributed by atoms with E-state index < -0.39 is 0 Å². The summed E-state index contributed by atoms with van der Waals surface area (Å²) in [6, 6.07) is 27.1. The average molecular weight is 669 g/mol. The number of hydrogen-bond donors (Lipinski definition) is 4. The first-order chi connectivity index (χ1) is 23.0. The van der Waals surface area contributed by atoms with Gasteiger partial charge in [-0.15, -0.1) is 9.24 Å². The molecule has 1 fully saturated rings. The van der Waals surface area contributed by atoms with E-state index in [-0.39, 0.29) is 24.3 Å². The molecule has 5 unspecified atom stereocenters. The Hall–Kier alpha value is -3.94. The summed E-state index contributed by atoms with van der Waals surface area (Å²) >= 11 is 0. The van der Waals surface area contributed by atoms with Crippen LogP contribution >= 0.6 is 9.24 Å². The maximum atomic E-state index is 10.5. The summed E-state index contributed by atoms with van der Waals surface area (Å²) in [5.74, 6) is 7.97. The normalized spacial score (nSPS) is 19.8. The molecule has 5 atom stereocenters. The van der Waals surface area contributed by atoms with Crippen LogP contribution in [-0.2, 0) is 17.8 Å². The molecule has 3 aromatic carbocycles. The van der Waals surface area contributed by atoms with Gasteiger partial charge in [-0.25, -0.2) is 5.84 Å². The predicted octanol–water partition coefficient (Wildman–Crippen LogP) is 6.36. The minimum Gasteiger partial charge on any atom is -0.487 e. The highest BCUT2D eigenvalue weighted by Crippen LogP contribution is 2.31. The van der Waals surface area contributed by atoms with Crippen molar-refractivity contribution in [2.75, 3.05) is 25.5 Å². The lowest BCUT2D eigenvalue weighted by Gasteiger charge is -2.26. The number of rotatable bonds is 13. The van der Waals surface area contributed by atoms with Gasteiger partial charge in [0, 0.05) is 54.8 Å². The highest BCUT2D eigenvalue weighted by atomic mass is 31.0. The lowest BCUT2D eigenvalue weighted by molar-refractivity contribution is -0.108. The molecule has 256 valence electrons. The van der Waals surface area contributed by atoms with Gasteiger partial charge in [0.25, 0.3) is 0 Å². The molecule has 1 saturated heterocycles. The number of hydrogen-bond acceptors (Lipinski definition) is 8. The lowest BCUT2D eigenvalue weighted by atomic mass is 9.89.